The smallest absolute Gasteiger partial charge is 0.132 e. The van der Waals surface area contributed by atoms with Gasteiger partial charge in [0, 0.05) is 10.0 Å². The number of hydrogen-bond donors (Lipinski definition) is 0. The Kier molecular flexibility index (Phi) is 4.13. The Morgan fingerprint density at radius 2 is 1.71 bits per heavy atom. The summed E-state index contributed by atoms with van der Waals surface area (Å²) in [5, 5.41) is 2.19. The van der Waals surface area contributed by atoms with Gasteiger partial charge in [-0.05, 0) is 53.2 Å². The summed E-state index contributed by atoms with van der Waals surface area (Å²) in [5.41, 5.74) is 0.632. The number of ether oxygens (including phenoxy) is 1. The molecule has 4 heteroatoms. The van der Waals surface area contributed by atoms with Gasteiger partial charge in [0.1, 0.15) is 17.3 Å². The van der Waals surface area contributed by atoms with Crippen LogP contribution >= 0.6 is 27.5 Å². The van der Waals surface area contributed by atoms with Crippen LogP contribution in [-0.2, 0) is 5.88 Å². The van der Waals surface area contributed by atoms with Crippen molar-refractivity contribution in [2.24, 2.45) is 0 Å². The fourth-order valence-corrected chi connectivity index (χ4v) is 2.72. The lowest BCUT2D eigenvalue weighted by molar-refractivity contribution is 0.476. The minimum Gasteiger partial charge on any atom is -0.457 e. The molecule has 21 heavy (non-hydrogen) atoms. The van der Waals surface area contributed by atoms with Crippen LogP contribution in [0.5, 0.6) is 11.5 Å². The third-order valence-corrected chi connectivity index (χ3v) is 3.95. The van der Waals surface area contributed by atoms with Crippen molar-refractivity contribution in [2.75, 3.05) is 0 Å². The van der Waals surface area contributed by atoms with E-state index in [9.17, 15) is 4.39 Å². The van der Waals surface area contributed by atoms with E-state index >= 15 is 0 Å². The molecule has 0 aliphatic heterocycles. The summed E-state index contributed by atoms with van der Waals surface area (Å²) in [6.45, 7) is 0. The van der Waals surface area contributed by atoms with Gasteiger partial charge < -0.3 is 4.74 Å². The first kappa shape index (κ1) is 14.4. The molecule has 0 saturated heterocycles. The molecule has 106 valence electrons. The van der Waals surface area contributed by atoms with Crippen molar-refractivity contribution in [3.8, 4) is 11.5 Å². The Balaban J connectivity index is 1.96. The molecule has 3 aromatic carbocycles. The Morgan fingerprint density at radius 1 is 0.952 bits per heavy atom. The minimum absolute atomic E-state index is 0.202. The third-order valence-electron chi connectivity index (χ3n) is 3.17. The van der Waals surface area contributed by atoms with Crippen LogP contribution in [0.2, 0.25) is 0 Å². The Bertz CT molecular complexity index is 804. The highest BCUT2D eigenvalue weighted by molar-refractivity contribution is 9.10. The summed E-state index contributed by atoms with van der Waals surface area (Å²) >= 11 is 9.28. The lowest BCUT2D eigenvalue weighted by atomic mass is 10.1. The standard InChI is InChI=1S/C17H11BrClFO/c18-14-3-1-12-9-16(5-2-11(12)7-14)21-17-6-4-15(20)8-13(17)10-19/h1-9H,10H2. The van der Waals surface area contributed by atoms with Gasteiger partial charge in [0.25, 0.3) is 0 Å². The van der Waals surface area contributed by atoms with Gasteiger partial charge in [-0.15, -0.1) is 11.6 Å². The second-order valence-electron chi connectivity index (χ2n) is 4.64. The largest absolute Gasteiger partial charge is 0.457 e. The number of rotatable bonds is 3. The fraction of sp³-hybridized carbons (Fsp3) is 0.0588. The highest BCUT2D eigenvalue weighted by Crippen LogP contribution is 2.30. The van der Waals surface area contributed by atoms with Crippen molar-refractivity contribution >= 4 is 38.3 Å². The van der Waals surface area contributed by atoms with E-state index in [2.05, 4.69) is 15.9 Å². The van der Waals surface area contributed by atoms with Crippen LogP contribution in [-0.4, -0.2) is 0 Å². The first-order valence-corrected chi connectivity index (χ1v) is 7.70. The predicted molar refractivity (Wildman–Crippen MR) is 87.7 cm³/mol. The summed E-state index contributed by atoms with van der Waals surface area (Å²) in [5.74, 6) is 1.15. The second kappa shape index (κ2) is 6.04. The van der Waals surface area contributed by atoms with Crippen LogP contribution in [0.3, 0.4) is 0 Å². The number of hydrogen-bond acceptors (Lipinski definition) is 1. The minimum atomic E-state index is -0.318. The van der Waals surface area contributed by atoms with Crippen LogP contribution in [0.15, 0.2) is 59.1 Å². The molecule has 0 spiro atoms. The second-order valence-corrected chi connectivity index (χ2v) is 5.82. The summed E-state index contributed by atoms with van der Waals surface area (Å²) in [4.78, 5) is 0. The van der Waals surface area contributed by atoms with E-state index in [1.54, 1.807) is 6.07 Å². The Morgan fingerprint density at radius 3 is 2.52 bits per heavy atom. The van der Waals surface area contributed by atoms with Gasteiger partial charge in [0.15, 0.2) is 0 Å². The van der Waals surface area contributed by atoms with Crippen molar-refractivity contribution in [3.63, 3.8) is 0 Å². The topological polar surface area (TPSA) is 9.23 Å². The van der Waals surface area contributed by atoms with Crippen molar-refractivity contribution in [3.05, 3.63) is 70.5 Å². The normalized spacial score (nSPS) is 10.8. The molecule has 0 radical (unpaired) electrons. The predicted octanol–water partition coefficient (Wildman–Crippen LogP) is 6.27. The van der Waals surface area contributed by atoms with Crippen molar-refractivity contribution < 1.29 is 9.13 Å². The number of alkyl halides is 1. The first-order valence-electron chi connectivity index (χ1n) is 6.37. The molecule has 0 aliphatic carbocycles. The van der Waals surface area contributed by atoms with Gasteiger partial charge in [0.2, 0.25) is 0 Å². The Labute approximate surface area is 135 Å². The lowest BCUT2D eigenvalue weighted by Crippen LogP contribution is -1.91. The van der Waals surface area contributed by atoms with E-state index in [4.69, 9.17) is 16.3 Å². The molecule has 3 rings (SSSR count). The maximum absolute atomic E-state index is 13.2. The number of fused-ring (bicyclic) bond motifs is 1. The quantitative estimate of drug-likeness (QED) is 0.497. The van der Waals surface area contributed by atoms with Gasteiger partial charge in [0.05, 0.1) is 5.88 Å². The SMILES string of the molecule is Fc1ccc(Oc2ccc3cc(Br)ccc3c2)c(CCl)c1. The Hall–Kier alpha value is -1.58. The molecule has 0 amide bonds. The van der Waals surface area contributed by atoms with Crippen LogP contribution in [0.1, 0.15) is 5.56 Å². The summed E-state index contributed by atoms with van der Waals surface area (Å²) in [6, 6.07) is 16.2. The molecular weight excluding hydrogens is 355 g/mol. The number of halogens is 3. The van der Waals surface area contributed by atoms with Gasteiger partial charge in [-0.25, -0.2) is 4.39 Å². The van der Waals surface area contributed by atoms with E-state index in [-0.39, 0.29) is 11.7 Å². The van der Waals surface area contributed by atoms with Gasteiger partial charge in [-0.1, -0.05) is 28.1 Å². The highest BCUT2D eigenvalue weighted by Gasteiger charge is 2.06. The van der Waals surface area contributed by atoms with Crippen molar-refractivity contribution in [1.29, 1.82) is 0 Å². The lowest BCUT2D eigenvalue weighted by Gasteiger charge is -2.10. The van der Waals surface area contributed by atoms with E-state index in [0.717, 1.165) is 15.2 Å². The zero-order valence-corrected chi connectivity index (χ0v) is 13.3. The molecule has 3 aromatic rings. The zero-order valence-electron chi connectivity index (χ0n) is 10.9. The molecule has 0 N–H and O–H groups in total. The average molecular weight is 366 g/mol. The van der Waals surface area contributed by atoms with Gasteiger partial charge in [-0.3, -0.25) is 0 Å². The molecule has 0 fully saturated rings. The molecule has 0 aliphatic rings. The van der Waals surface area contributed by atoms with Crippen molar-refractivity contribution in [2.45, 2.75) is 5.88 Å². The molecule has 1 nitrogen and oxygen atoms in total. The molecule has 0 saturated carbocycles. The molecule has 0 aromatic heterocycles. The molecule has 0 unspecified atom stereocenters. The van der Waals surface area contributed by atoms with E-state index < -0.39 is 0 Å². The first-order chi connectivity index (χ1) is 10.2. The monoisotopic (exact) mass is 364 g/mol. The molecule has 0 atom stereocenters. The van der Waals surface area contributed by atoms with Gasteiger partial charge >= 0.3 is 0 Å². The van der Waals surface area contributed by atoms with Gasteiger partial charge in [-0.2, -0.15) is 0 Å². The van der Waals surface area contributed by atoms with E-state index in [1.165, 1.54) is 12.1 Å². The summed E-state index contributed by atoms with van der Waals surface area (Å²) in [7, 11) is 0. The average Bonchev–Trinajstić information content (AvgIpc) is 2.49. The summed E-state index contributed by atoms with van der Waals surface area (Å²) in [6.07, 6.45) is 0. The van der Waals surface area contributed by atoms with E-state index in [0.29, 0.717) is 17.1 Å². The maximum Gasteiger partial charge on any atom is 0.132 e. The van der Waals surface area contributed by atoms with Crippen molar-refractivity contribution in [1.82, 2.24) is 0 Å². The van der Waals surface area contributed by atoms with Crippen LogP contribution in [0, 0.1) is 5.82 Å². The van der Waals surface area contributed by atoms with Crippen LogP contribution in [0.25, 0.3) is 10.8 Å². The maximum atomic E-state index is 13.2. The molecule has 0 heterocycles. The molecular formula is C17H11BrClFO. The van der Waals surface area contributed by atoms with E-state index in [1.807, 2.05) is 36.4 Å². The highest BCUT2D eigenvalue weighted by atomic mass is 79.9. The number of benzene rings is 3. The van der Waals surface area contributed by atoms with Crippen LogP contribution in [0.4, 0.5) is 4.39 Å². The van der Waals surface area contributed by atoms with Crippen LogP contribution < -0.4 is 4.74 Å². The fourth-order valence-electron chi connectivity index (χ4n) is 2.14. The zero-order chi connectivity index (χ0) is 14.8. The third kappa shape index (κ3) is 3.20. The summed E-state index contributed by atoms with van der Waals surface area (Å²) < 4.78 is 20.1. The molecule has 0 bridgehead atoms.